The standard InChI is InChI=1S/C23H24O4S/c1-17-8-7-9-18(2)23(17)27-28(24,25)16-22(19-10-5-4-6-11-19)20-12-14-21(26-3)15-13-20/h4-15,22H,16H2,1-3H3/t22-/m1/s1. The van der Waals surface area contributed by atoms with Crippen molar-refractivity contribution < 1.29 is 17.3 Å². The molecule has 0 aliphatic carbocycles. The van der Waals surface area contributed by atoms with E-state index in [2.05, 4.69) is 0 Å². The van der Waals surface area contributed by atoms with Crippen molar-refractivity contribution in [2.45, 2.75) is 19.8 Å². The van der Waals surface area contributed by atoms with Gasteiger partial charge < -0.3 is 8.92 Å². The van der Waals surface area contributed by atoms with Gasteiger partial charge in [-0.15, -0.1) is 0 Å². The summed E-state index contributed by atoms with van der Waals surface area (Å²) >= 11 is 0. The summed E-state index contributed by atoms with van der Waals surface area (Å²) in [6.45, 7) is 3.69. The van der Waals surface area contributed by atoms with E-state index in [0.717, 1.165) is 28.0 Å². The third kappa shape index (κ3) is 4.73. The van der Waals surface area contributed by atoms with Crippen LogP contribution >= 0.6 is 0 Å². The molecule has 0 aliphatic rings. The van der Waals surface area contributed by atoms with Gasteiger partial charge >= 0.3 is 10.1 Å². The van der Waals surface area contributed by atoms with Crippen molar-refractivity contribution >= 4 is 10.1 Å². The number of aryl methyl sites for hydroxylation is 2. The van der Waals surface area contributed by atoms with Crippen LogP contribution in [0.25, 0.3) is 0 Å². The topological polar surface area (TPSA) is 52.6 Å². The molecule has 0 aliphatic heterocycles. The molecule has 0 bridgehead atoms. The van der Waals surface area contributed by atoms with Crippen LogP contribution in [-0.4, -0.2) is 21.3 Å². The maximum absolute atomic E-state index is 12.9. The van der Waals surface area contributed by atoms with Crippen LogP contribution in [0.15, 0.2) is 72.8 Å². The van der Waals surface area contributed by atoms with Gasteiger partial charge in [-0.1, -0.05) is 60.7 Å². The third-order valence-electron chi connectivity index (χ3n) is 4.71. The molecule has 0 N–H and O–H groups in total. The Morgan fingerprint density at radius 2 is 1.36 bits per heavy atom. The van der Waals surface area contributed by atoms with E-state index in [4.69, 9.17) is 8.92 Å². The Hall–Kier alpha value is -2.79. The van der Waals surface area contributed by atoms with Crippen LogP contribution in [0.3, 0.4) is 0 Å². The zero-order chi connectivity index (χ0) is 20.1. The Labute approximate surface area is 166 Å². The fourth-order valence-corrected chi connectivity index (χ4v) is 4.58. The van der Waals surface area contributed by atoms with Gasteiger partial charge in [-0.05, 0) is 48.2 Å². The van der Waals surface area contributed by atoms with Crippen LogP contribution in [0.1, 0.15) is 28.2 Å². The Morgan fingerprint density at radius 1 is 0.786 bits per heavy atom. The zero-order valence-corrected chi connectivity index (χ0v) is 17.1. The van der Waals surface area contributed by atoms with Crippen molar-refractivity contribution in [3.63, 3.8) is 0 Å². The monoisotopic (exact) mass is 396 g/mol. The van der Waals surface area contributed by atoms with Gasteiger partial charge in [0.15, 0.2) is 0 Å². The van der Waals surface area contributed by atoms with E-state index >= 15 is 0 Å². The van der Waals surface area contributed by atoms with Crippen molar-refractivity contribution in [3.8, 4) is 11.5 Å². The molecule has 1 atom stereocenters. The number of rotatable bonds is 7. The number of methoxy groups -OCH3 is 1. The predicted octanol–water partition coefficient (Wildman–Crippen LogP) is 4.85. The van der Waals surface area contributed by atoms with E-state index < -0.39 is 10.1 Å². The molecule has 0 aromatic heterocycles. The number of hydrogen-bond donors (Lipinski definition) is 0. The summed E-state index contributed by atoms with van der Waals surface area (Å²) in [5, 5.41) is 0. The van der Waals surface area contributed by atoms with E-state index in [1.807, 2.05) is 86.6 Å². The van der Waals surface area contributed by atoms with Crippen molar-refractivity contribution in [3.05, 3.63) is 95.1 Å². The molecule has 0 fully saturated rings. The highest BCUT2D eigenvalue weighted by Crippen LogP contribution is 2.30. The van der Waals surface area contributed by atoms with Gasteiger partial charge in [0.2, 0.25) is 0 Å². The summed E-state index contributed by atoms with van der Waals surface area (Å²) in [6, 6.07) is 22.6. The Morgan fingerprint density at radius 3 is 1.93 bits per heavy atom. The number of para-hydroxylation sites is 1. The Bertz CT molecular complexity index is 1010. The maximum Gasteiger partial charge on any atom is 0.310 e. The van der Waals surface area contributed by atoms with Gasteiger partial charge in [-0.2, -0.15) is 8.42 Å². The molecule has 4 nitrogen and oxygen atoms in total. The van der Waals surface area contributed by atoms with Gasteiger partial charge in [0, 0.05) is 5.92 Å². The molecule has 0 saturated carbocycles. The van der Waals surface area contributed by atoms with Crippen molar-refractivity contribution in [1.29, 1.82) is 0 Å². The van der Waals surface area contributed by atoms with Crippen LogP contribution in [-0.2, 0) is 10.1 Å². The van der Waals surface area contributed by atoms with Gasteiger partial charge in [-0.25, -0.2) is 0 Å². The molecular weight excluding hydrogens is 372 g/mol. The van der Waals surface area contributed by atoms with Gasteiger partial charge in [0.05, 0.1) is 12.9 Å². The summed E-state index contributed by atoms with van der Waals surface area (Å²) in [4.78, 5) is 0. The third-order valence-corrected chi connectivity index (χ3v) is 5.87. The minimum Gasteiger partial charge on any atom is -0.497 e. The molecule has 0 spiro atoms. The van der Waals surface area contributed by atoms with Crippen molar-refractivity contribution in [1.82, 2.24) is 0 Å². The van der Waals surface area contributed by atoms with E-state index in [0.29, 0.717) is 5.75 Å². The second-order valence-corrected chi connectivity index (χ2v) is 8.38. The van der Waals surface area contributed by atoms with Gasteiger partial charge in [0.1, 0.15) is 11.5 Å². The lowest BCUT2D eigenvalue weighted by Crippen LogP contribution is -2.21. The van der Waals surface area contributed by atoms with Crippen molar-refractivity contribution in [2.75, 3.05) is 12.9 Å². The SMILES string of the molecule is COc1ccc([C@H](CS(=O)(=O)Oc2c(C)cccc2C)c2ccccc2)cc1. The average molecular weight is 397 g/mol. The molecule has 3 aromatic carbocycles. The first-order chi connectivity index (χ1) is 13.4. The van der Waals surface area contributed by atoms with E-state index in [-0.39, 0.29) is 11.7 Å². The second-order valence-electron chi connectivity index (χ2n) is 6.77. The first-order valence-corrected chi connectivity index (χ1v) is 10.6. The van der Waals surface area contributed by atoms with E-state index in [9.17, 15) is 8.42 Å². The summed E-state index contributed by atoms with van der Waals surface area (Å²) in [7, 11) is -2.22. The molecule has 146 valence electrons. The average Bonchev–Trinajstić information content (AvgIpc) is 2.70. The Kier molecular flexibility index (Phi) is 6.05. The molecule has 5 heteroatoms. The molecule has 0 heterocycles. The van der Waals surface area contributed by atoms with Crippen LogP contribution in [0, 0.1) is 13.8 Å². The smallest absolute Gasteiger partial charge is 0.310 e. The van der Waals surface area contributed by atoms with Crippen LogP contribution in [0.4, 0.5) is 0 Å². The molecule has 0 amide bonds. The predicted molar refractivity (Wildman–Crippen MR) is 112 cm³/mol. The van der Waals surface area contributed by atoms with Crippen LogP contribution in [0.2, 0.25) is 0 Å². The highest BCUT2D eigenvalue weighted by molar-refractivity contribution is 7.87. The molecule has 0 saturated heterocycles. The Balaban J connectivity index is 1.94. The summed E-state index contributed by atoms with van der Waals surface area (Å²) in [6.07, 6.45) is 0. The molecule has 0 radical (unpaired) electrons. The molecular formula is C23H24O4S. The number of benzene rings is 3. The first-order valence-electron chi connectivity index (χ1n) is 9.07. The normalized spacial score (nSPS) is 12.4. The van der Waals surface area contributed by atoms with E-state index in [1.54, 1.807) is 7.11 Å². The zero-order valence-electron chi connectivity index (χ0n) is 16.3. The fourth-order valence-electron chi connectivity index (χ4n) is 3.20. The summed E-state index contributed by atoms with van der Waals surface area (Å²) in [5.74, 6) is 0.632. The second kappa shape index (κ2) is 8.48. The highest BCUT2D eigenvalue weighted by atomic mass is 32.2. The minimum atomic E-state index is -3.82. The highest BCUT2D eigenvalue weighted by Gasteiger charge is 2.25. The number of hydrogen-bond acceptors (Lipinski definition) is 4. The molecule has 0 unspecified atom stereocenters. The molecule has 3 aromatic rings. The van der Waals surface area contributed by atoms with Gasteiger partial charge in [-0.3, -0.25) is 0 Å². The molecule has 28 heavy (non-hydrogen) atoms. The van der Waals surface area contributed by atoms with Gasteiger partial charge in [0.25, 0.3) is 0 Å². The largest absolute Gasteiger partial charge is 0.497 e. The molecule has 3 rings (SSSR count). The van der Waals surface area contributed by atoms with Crippen LogP contribution < -0.4 is 8.92 Å². The summed E-state index contributed by atoms with van der Waals surface area (Å²) < 4.78 is 36.6. The lowest BCUT2D eigenvalue weighted by atomic mass is 9.93. The van der Waals surface area contributed by atoms with Crippen molar-refractivity contribution in [2.24, 2.45) is 0 Å². The fraction of sp³-hybridized carbons (Fsp3) is 0.217. The van der Waals surface area contributed by atoms with Crippen LogP contribution in [0.5, 0.6) is 11.5 Å². The quantitative estimate of drug-likeness (QED) is 0.536. The first kappa shape index (κ1) is 20.0. The lowest BCUT2D eigenvalue weighted by Gasteiger charge is -2.19. The lowest BCUT2D eigenvalue weighted by molar-refractivity contribution is 0.414. The maximum atomic E-state index is 12.9. The number of ether oxygens (including phenoxy) is 1. The minimum absolute atomic E-state index is 0.156. The summed E-state index contributed by atoms with van der Waals surface area (Å²) in [5.41, 5.74) is 3.40. The van der Waals surface area contributed by atoms with E-state index in [1.165, 1.54) is 0 Å².